The van der Waals surface area contributed by atoms with E-state index in [0.29, 0.717) is 12.1 Å². The lowest BCUT2D eigenvalue weighted by molar-refractivity contribution is -0.186. The van der Waals surface area contributed by atoms with Crippen molar-refractivity contribution in [2.75, 3.05) is 11.5 Å². The van der Waals surface area contributed by atoms with Crippen molar-refractivity contribution in [2.45, 2.75) is 19.3 Å². The van der Waals surface area contributed by atoms with Crippen molar-refractivity contribution in [1.82, 2.24) is 5.06 Å². The van der Waals surface area contributed by atoms with Gasteiger partial charge in [0.15, 0.2) is 9.84 Å². The van der Waals surface area contributed by atoms with Crippen LogP contribution in [0.15, 0.2) is 24.9 Å². The summed E-state index contributed by atoms with van der Waals surface area (Å²) in [4.78, 5) is 27.4. The number of amides is 1. The van der Waals surface area contributed by atoms with Crippen LogP contribution in [0.5, 0.6) is 0 Å². The zero-order valence-electron chi connectivity index (χ0n) is 9.92. The van der Waals surface area contributed by atoms with Crippen LogP contribution in [0.1, 0.15) is 19.3 Å². The maximum Gasteiger partial charge on any atom is 0.334 e. The molecule has 0 aliphatic carbocycles. The molecular weight excluding hydrogens is 258 g/mol. The van der Waals surface area contributed by atoms with Crippen LogP contribution in [0, 0.1) is 0 Å². The highest BCUT2D eigenvalue weighted by molar-refractivity contribution is 7.91. The summed E-state index contributed by atoms with van der Waals surface area (Å²) in [7, 11) is -3.33. The Bertz CT molecular complexity index is 464. The van der Waals surface area contributed by atoms with Crippen LogP contribution in [0.3, 0.4) is 0 Å². The highest BCUT2D eigenvalue weighted by atomic mass is 32.2. The summed E-state index contributed by atoms with van der Waals surface area (Å²) >= 11 is 0. The molecule has 0 atom stereocenters. The number of hydroxylamine groups is 2. The predicted octanol–water partition coefficient (Wildman–Crippen LogP) is 0.572. The fraction of sp³-hybridized carbons (Fsp3) is 0.455. The number of allylic oxidation sites excluding steroid dienone is 1. The van der Waals surface area contributed by atoms with Gasteiger partial charge in [-0.25, -0.2) is 13.2 Å². The molecule has 0 aromatic rings. The second kappa shape index (κ2) is 5.81. The van der Waals surface area contributed by atoms with Gasteiger partial charge in [0.05, 0.1) is 23.6 Å². The topological polar surface area (TPSA) is 80.8 Å². The average molecular weight is 273 g/mol. The summed E-state index contributed by atoms with van der Waals surface area (Å²) in [5.41, 5.74) is 0.405. The molecule has 0 spiro atoms. The summed E-state index contributed by atoms with van der Waals surface area (Å²) in [6.07, 6.45) is 1.65. The summed E-state index contributed by atoms with van der Waals surface area (Å²) in [5.74, 6) is -1.62. The summed E-state index contributed by atoms with van der Waals surface area (Å²) in [6, 6.07) is 0. The van der Waals surface area contributed by atoms with Crippen molar-refractivity contribution < 1.29 is 22.8 Å². The van der Waals surface area contributed by atoms with E-state index in [2.05, 4.69) is 13.2 Å². The Kier molecular flexibility index (Phi) is 4.66. The summed E-state index contributed by atoms with van der Waals surface area (Å²) in [5, 5.41) is 0.836. The minimum atomic E-state index is -3.33. The maximum absolute atomic E-state index is 11.4. The minimum absolute atomic E-state index is 0.185. The Morgan fingerprint density at radius 3 is 2.61 bits per heavy atom. The first-order chi connectivity index (χ1) is 8.35. The van der Waals surface area contributed by atoms with E-state index in [1.165, 1.54) is 6.08 Å². The third kappa shape index (κ3) is 3.99. The van der Waals surface area contributed by atoms with E-state index in [1.807, 2.05) is 0 Å². The lowest BCUT2D eigenvalue weighted by atomic mass is 10.3. The Morgan fingerprint density at radius 1 is 1.44 bits per heavy atom. The Labute approximate surface area is 106 Å². The van der Waals surface area contributed by atoms with E-state index in [0.717, 1.165) is 5.06 Å². The lowest BCUT2D eigenvalue weighted by Crippen LogP contribution is -2.28. The van der Waals surface area contributed by atoms with Gasteiger partial charge in [0.2, 0.25) is 0 Å². The normalized spacial score (nSPS) is 15.9. The SMILES string of the molecule is C=CCS(=O)(=O)CCC(=O)ON1C(=C)CCC1=O. The van der Waals surface area contributed by atoms with Crippen molar-refractivity contribution >= 4 is 21.7 Å². The van der Waals surface area contributed by atoms with Crippen LogP contribution in [0.2, 0.25) is 0 Å². The molecule has 1 heterocycles. The van der Waals surface area contributed by atoms with Crippen LogP contribution in [-0.4, -0.2) is 36.9 Å². The summed E-state index contributed by atoms with van der Waals surface area (Å²) < 4.78 is 22.6. The van der Waals surface area contributed by atoms with Crippen molar-refractivity contribution in [1.29, 1.82) is 0 Å². The molecular formula is C11H15NO5S. The summed E-state index contributed by atoms with van der Waals surface area (Å²) in [6.45, 7) is 6.89. The van der Waals surface area contributed by atoms with Gasteiger partial charge in [-0.2, -0.15) is 0 Å². The molecule has 7 heteroatoms. The van der Waals surface area contributed by atoms with Crippen molar-refractivity contribution in [3.05, 3.63) is 24.9 Å². The predicted molar refractivity (Wildman–Crippen MR) is 64.8 cm³/mol. The molecule has 0 saturated carbocycles. The average Bonchev–Trinajstić information content (AvgIpc) is 2.58. The van der Waals surface area contributed by atoms with E-state index < -0.39 is 15.8 Å². The third-order valence-corrected chi connectivity index (χ3v) is 3.89. The Hall–Kier alpha value is -1.63. The minimum Gasteiger partial charge on any atom is -0.333 e. The van der Waals surface area contributed by atoms with Gasteiger partial charge in [0.25, 0.3) is 5.91 Å². The molecule has 0 N–H and O–H groups in total. The first-order valence-corrected chi connectivity index (χ1v) is 7.20. The fourth-order valence-electron chi connectivity index (χ4n) is 1.40. The van der Waals surface area contributed by atoms with Gasteiger partial charge in [-0.05, 0) is 6.42 Å². The fourth-order valence-corrected chi connectivity index (χ4v) is 2.40. The molecule has 0 radical (unpaired) electrons. The van der Waals surface area contributed by atoms with Crippen molar-refractivity contribution in [3.8, 4) is 0 Å². The van der Waals surface area contributed by atoms with Crippen LogP contribution >= 0.6 is 0 Å². The van der Waals surface area contributed by atoms with Gasteiger partial charge < -0.3 is 4.84 Å². The Morgan fingerprint density at radius 2 is 2.11 bits per heavy atom. The molecule has 0 bridgehead atoms. The van der Waals surface area contributed by atoms with Gasteiger partial charge in [0, 0.05) is 6.42 Å². The molecule has 0 unspecified atom stereocenters. The third-order valence-electron chi connectivity index (χ3n) is 2.32. The molecule has 1 rings (SSSR count). The van der Waals surface area contributed by atoms with Crippen molar-refractivity contribution in [3.63, 3.8) is 0 Å². The van der Waals surface area contributed by atoms with E-state index >= 15 is 0 Å². The number of carbonyl (C=O) groups is 2. The van der Waals surface area contributed by atoms with E-state index in [9.17, 15) is 18.0 Å². The zero-order valence-corrected chi connectivity index (χ0v) is 10.7. The monoisotopic (exact) mass is 273 g/mol. The van der Waals surface area contributed by atoms with Crippen LogP contribution in [0.4, 0.5) is 0 Å². The molecule has 1 saturated heterocycles. The molecule has 1 fully saturated rings. The number of carbonyl (C=O) groups excluding carboxylic acids is 2. The van der Waals surface area contributed by atoms with Gasteiger partial charge in [-0.1, -0.05) is 12.7 Å². The van der Waals surface area contributed by atoms with Crippen molar-refractivity contribution in [2.24, 2.45) is 0 Å². The number of hydrogen-bond donors (Lipinski definition) is 0. The molecule has 0 aromatic carbocycles. The highest BCUT2D eigenvalue weighted by Crippen LogP contribution is 2.21. The zero-order chi connectivity index (χ0) is 13.8. The number of nitrogens with zero attached hydrogens (tertiary/aromatic N) is 1. The van der Waals surface area contributed by atoms with E-state index in [-0.39, 0.29) is 30.3 Å². The second-order valence-corrected chi connectivity index (χ2v) is 6.10. The largest absolute Gasteiger partial charge is 0.334 e. The van der Waals surface area contributed by atoms with E-state index in [4.69, 9.17) is 4.84 Å². The van der Waals surface area contributed by atoms with Crippen LogP contribution < -0.4 is 0 Å². The maximum atomic E-state index is 11.4. The van der Waals surface area contributed by atoms with Gasteiger partial charge in [0.1, 0.15) is 0 Å². The number of sulfone groups is 1. The molecule has 1 aliphatic heterocycles. The van der Waals surface area contributed by atoms with Gasteiger partial charge in [-0.15, -0.1) is 11.6 Å². The number of hydrogen-bond acceptors (Lipinski definition) is 5. The Balaban J connectivity index is 2.45. The smallest absolute Gasteiger partial charge is 0.333 e. The number of rotatable bonds is 6. The molecule has 6 nitrogen and oxygen atoms in total. The highest BCUT2D eigenvalue weighted by Gasteiger charge is 2.28. The molecule has 18 heavy (non-hydrogen) atoms. The molecule has 1 aliphatic rings. The molecule has 100 valence electrons. The molecule has 1 amide bonds. The van der Waals surface area contributed by atoms with Crippen LogP contribution in [0.25, 0.3) is 0 Å². The van der Waals surface area contributed by atoms with Gasteiger partial charge >= 0.3 is 5.97 Å². The second-order valence-electron chi connectivity index (χ2n) is 3.87. The van der Waals surface area contributed by atoms with Gasteiger partial charge in [-0.3, -0.25) is 4.79 Å². The lowest BCUT2D eigenvalue weighted by Gasteiger charge is -2.15. The first kappa shape index (κ1) is 14.4. The standard InChI is InChI=1S/C11H15NO5S/c1-3-7-18(15,16)8-6-11(14)17-12-9(2)4-5-10(12)13/h3H,1-2,4-8H2. The van der Waals surface area contributed by atoms with E-state index in [1.54, 1.807) is 0 Å². The molecule has 0 aromatic heterocycles. The first-order valence-electron chi connectivity index (χ1n) is 5.38. The quantitative estimate of drug-likeness (QED) is 0.661. The van der Waals surface area contributed by atoms with Crippen LogP contribution in [-0.2, 0) is 24.3 Å².